The van der Waals surface area contributed by atoms with Gasteiger partial charge in [-0.25, -0.2) is 4.39 Å². The first-order valence-corrected chi connectivity index (χ1v) is 9.73. The van der Waals surface area contributed by atoms with Crippen LogP contribution in [-0.2, 0) is 6.42 Å². The van der Waals surface area contributed by atoms with Gasteiger partial charge >= 0.3 is 0 Å². The van der Waals surface area contributed by atoms with Crippen LogP contribution in [0, 0.1) is 19.7 Å². The van der Waals surface area contributed by atoms with Crippen molar-refractivity contribution in [3.63, 3.8) is 0 Å². The zero-order valence-electron chi connectivity index (χ0n) is 17.0. The van der Waals surface area contributed by atoms with Crippen LogP contribution in [-0.4, -0.2) is 34.5 Å². The number of hydrogen-bond acceptors (Lipinski definition) is 4. The standard InChI is InChI=1S/C23H22FN3O3/c1-12-6-16-9-17(11-25-23(29)21-8-13(2)26-27-21)30-22(16)19(7-12)18-10-15(14(3)28)4-5-20(18)24/h4-8,10,17H,9,11H2,1-3H3,(H,25,29)(H,26,27)/t17-/m1/s1. The molecule has 1 aromatic heterocycles. The molecule has 2 heterocycles. The highest BCUT2D eigenvalue weighted by Gasteiger charge is 2.28. The first-order chi connectivity index (χ1) is 14.3. The third kappa shape index (κ3) is 3.83. The van der Waals surface area contributed by atoms with Crippen molar-refractivity contribution >= 4 is 11.7 Å². The molecular formula is C23H22FN3O3. The van der Waals surface area contributed by atoms with Crippen molar-refractivity contribution in [2.75, 3.05) is 6.54 Å². The fourth-order valence-corrected chi connectivity index (χ4v) is 3.69. The number of aryl methyl sites for hydroxylation is 2. The number of ketones is 1. The van der Waals surface area contributed by atoms with E-state index in [1.54, 1.807) is 12.1 Å². The molecule has 30 heavy (non-hydrogen) atoms. The smallest absolute Gasteiger partial charge is 0.271 e. The second-order valence-electron chi connectivity index (χ2n) is 7.64. The molecule has 0 aliphatic carbocycles. The van der Waals surface area contributed by atoms with E-state index in [1.807, 2.05) is 26.0 Å². The van der Waals surface area contributed by atoms with Crippen LogP contribution in [0.3, 0.4) is 0 Å². The van der Waals surface area contributed by atoms with E-state index in [9.17, 15) is 14.0 Å². The van der Waals surface area contributed by atoms with Crippen molar-refractivity contribution in [1.29, 1.82) is 0 Å². The number of halogens is 1. The van der Waals surface area contributed by atoms with Gasteiger partial charge in [0, 0.05) is 28.8 Å². The number of hydrogen-bond donors (Lipinski definition) is 2. The van der Waals surface area contributed by atoms with Crippen molar-refractivity contribution in [2.45, 2.75) is 33.3 Å². The molecule has 0 saturated heterocycles. The summed E-state index contributed by atoms with van der Waals surface area (Å²) in [7, 11) is 0. The Hall–Kier alpha value is -3.48. The summed E-state index contributed by atoms with van der Waals surface area (Å²) >= 11 is 0. The highest BCUT2D eigenvalue weighted by atomic mass is 19.1. The first kappa shape index (κ1) is 19.8. The number of nitrogens with zero attached hydrogens (tertiary/aromatic N) is 1. The number of amides is 1. The molecule has 3 aromatic rings. The van der Waals surface area contributed by atoms with Gasteiger partial charge in [0.1, 0.15) is 23.4 Å². The molecule has 2 N–H and O–H groups in total. The molecule has 4 rings (SSSR count). The Labute approximate surface area is 173 Å². The number of carbonyl (C=O) groups excluding carboxylic acids is 2. The quantitative estimate of drug-likeness (QED) is 0.631. The Bertz CT molecular complexity index is 1150. The maximum absolute atomic E-state index is 14.6. The second-order valence-corrected chi connectivity index (χ2v) is 7.64. The van der Waals surface area contributed by atoms with Crippen LogP contribution in [0.25, 0.3) is 11.1 Å². The van der Waals surface area contributed by atoms with Gasteiger partial charge in [-0.2, -0.15) is 5.10 Å². The molecule has 0 saturated carbocycles. The number of ether oxygens (including phenoxy) is 1. The summed E-state index contributed by atoms with van der Waals surface area (Å²) in [5.41, 5.74) is 4.44. The van der Waals surface area contributed by atoms with Gasteiger partial charge in [0.15, 0.2) is 5.78 Å². The zero-order valence-corrected chi connectivity index (χ0v) is 17.0. The summed E-state index contributed by atoms with van der Waals surface area (Å²) in [4.78, 5) is 24.0. The van der Waals surface area contributed by atoms with Crippen LogP contribution < -0.4 is 10.1 Å². The van der Waals surface area contributed by atoms with Gasteiger partial charge in [-0.05, 0) is 62.2 Å². The van der Waals surface area contributed by atoms with Gasteiger partial charge in [0.2, 0.25) is 0 Å². The van der Waals surface area contributed by atoms with E-state index in [2.05, 4.69) is 15.5 Å². The number of nitrogens with one attached hydrogen (secondary N) is 2. The summed E-state index contributed by atoms with van der Waals surface area (Å²) in [5, 5.41) is 9.52. The van der Waals surface area contributed by atoms with E-state index in [0.29, 0.717) is 41.1 Å². The molecule has 0 spiro atoms. The van der Waals surface area contributed by atoms with Crippen LogP contribution in [0.1, 0.15) is 44.6 Å². The average molecular weight is 407 g/mol. The van der Waals surface area contributed by atoms with Gasteiger partial charge < -0.3 is 10.1 Å². The van der Waals surface area contributed by atoms with Crippen molar-refractivity contribution in [3.8, 4) is 16.9 Å². The van der Waals surface area contributed by atoms with E-state index in [4.69, 9.17) is 4.74 Å². The zero-order chi connectivity index (χ0) is 21.4. The van der Waals surface area contributed by atoms with Crippen LogP contribution in [0.5, 0.6) is 5.75 Å². The average Bonchev–Trinajstić information content (AvgIpc) is 3.31. The normalized spacial score (nSPS) is 14.9. The van der Waals surface area contributed by atoms with Crippen molar-refractivity contribution in [3.05, 3.63) is 70.3 Å². The molecule has 0 bridgehead atoms. The topological polar surface area (TPSA) is 84.1 Å². The van der Waals surface area contributed by atoms with Gasteiger partial charge in [0.05, 0.1) is 6.54 Å². The fraction of sp³-hybridized carbons (Fsp3) is 0.261. The van der Waals surface area contributed by atoms with E-state index in [1.165, 1.54) is 19.1 Å². The molecule has 1 amide bonds. The maximum atomic E-state index is 14.6. The van der Waals surface area contributed by atoms with E-state index >= 15 is 0 Å². The number of aromatic amines is 1. The van der Waals surface area contributed by atoms with Gasteiger partial charge in [-0.3, -0.25) is 14.7 Å². The number of H-pyrrole nitrogens is 1. The Morgan fingerprint density at radius 2 is 2.00 bits per heavy atom. The fourth-order valence-electron chi connectivity index (χ4n) is 3.69. The maximum Gasteiger partial charge on any atom is 0.271 e. The van der Waals surface area contributed by atoms with Gasteiger partial charge in [-0.15, -0.1) is 0 Å². The van der Waals surface area contributed by atoms with Crippen molar-refractivity contribution < 1.29 is 18.7 Å². The third-order valence-electron chi connectivity index (χ3n) is 5.13. The molecule has 7 heteroatoms. The van der Waals surface area contributed by atoms with Crippen LogP contribution in [0.4, 0.5) is 4.39 Å². The van der Waals surface area contributed by atoms with Crippen molar-refractivity contribution in [1.82, 2.24) is 15.5 Å². The van der Waals surface area contributed by atoms with E-state index in [0.717, 1.165) is 16.8 Å². The van der Waals surface area contributed by atoms with Crippen LogP contribution >= 0.6 is 0 Å². The number of benzene rings is 2. The lowest BCUT2D eigenvalue weighted by Crippen LogP contribution is -2.34. The predicted molar refractivity (Wildman–Crippen MR) is 110 cm³/mol. The lowest BCUT2D eigenvalue weighted by atomic mass is 9.95. The molecule has 0 fully saturated rings. The summed E-state index contributed by atoms with van der Waals surface area (Å²) in [6, 6.07) is 9.88. The molecule has 2 aromatic carbocycles. The largest absolute Gasteiger partial charge is 0.487 e. The molecule has 1 atom stereocenters. The molecular weight excluding hydrogens is 385 g/mol. The highest BCUT2D eigenvalue weighted by Crippen LogP contribution is 2.41. The Morgan fingerprint density at radius 1 is 1.20 bits per heavy atom. The minimum Gasteiger partial charge on any atom is -0.487 e. The minimum atomic E-state index is -0.415. The van der Waals surface area contributed by atoms with Crippen molar-refractivity contribution in [2.24, 2.45) is 0 Å². The van der Waals surface area contributed by atoms with Gasteiger partial charge in [-0.1, -0.05) is 6.07 Å². The minimum absolute atomic E-state index is 0.129. The molecule has 6 nitrogen and oxygen atoms in total. The Kier molecular flexibility index (Phi) is 5.11. The molecule has 154 valence electrons. The van der Waals surface area contributed by atoms with E-state index in [-0.39, 0.29) is 17.8 Å². The number of Topliss-reactive ketones (excluding diaryl/α,β-unsaturated/α-hetero) is 1. The third-order valence-corrected chi connectivity index (χ3v) is 5.13. The molecule has 0 unspecified atom stereocenters. The monoisotopic (exact) mass is 407 g/mol. The summed E-state index contributed by atoms with van der Waals surface area (Å²) in [6.45, 7) is 5.51. The summed E-state index contributed by atoms with van der Waals surface area (Å²) < 4.78 is 20.7. The second kappa shape index (κ2) is 7.74. The van der Waals surface area contributed by atoms with E-state index < -0.39 is 5.82 Å². The molecule has 1 aliphatic heterocycles. The SMILES string of the molecule is CC(=O)c1ccc(F)c(-c2cc(C)cc3c2O[C@@H](CNC(=O)c2cc(C)[nH]n2)C3)c1. The number of rotatable bonds is 5. The van der Waals surface area contributed by atoms with Crippen LogP contribution in [0.15, 0.2) is 36.4 Å². The Morgan fingerprint density at radius 3 is 2.70 bits per heavy atom. The predicted octanol–water partition coefficient (Wildman–Crippen LogP) is 3.77. The number of aromatic nitrogens is 2. The number of carbonyl (C=O) groups is 2. The van der Waals surface area contributed by atoms with Crippen LogP contribution in [0.2, 0.25) is 0 Å². The molecule has 0 radical (unpaired) electrons. The Balaban J connectivity index is 1.57. The lowest BCUT2D eigenvalue weighted by Gasteiger charge is -2.14. The summed E-state index contributed by atoms with van der Waals surface area (Å²) in [6.07, 6.45) is 0.321. The first-order valence-electron chi connectivity index (χ1n) is 9.73. The molecule has 1 aliphatic rings. The summed E-state index contributed by atoms with van der Waals surface area (Å²) in [5.74, 6) is -0.233. The highest BCUT2D eigenvalue weighted by molar-refractivity contribution is 5.95. The number of fused-ring (bicyclic) bond motifs is 1. The van der Waals surface area contributed by atoms with Gasteiger partial charge in [0.25, 0.3) is 5.91 Å². The lowest BCUT2D eigenvalue weighted by molar-refractivity contribution is 0.0928.